The Labute approximate surface area is 835 Å². The molecule has 20 rings (SSSR count). The molecule has 140 heavy (non-hydrogen) atoms. The molecular formula is C134H134N4S2. The molecule has 0 fully saturated rings. The van der Waals surface area contributed by atoms with Gasteiger partial charge in [-0.25, -0.2) is 20.1 Å². The second-order valence-corrected chi connectivity index (χ2v) is 50.6. The van der Waals surface area contributed by atoms with Crippen LogP contribution in [0.25, 0.3) is 109 Å². The van der Waals surface area contributed by atoms with Crippen LogP contribution in [0, 0.1) is 83.1 Å². The minimum atomic E-state index is -1.46. The van der Waals surface area contributed by atoms with Crippen LogP contribution in [0.3, 0.4) is 0 Å². The third-order valence-corrected chi connectivity index (χ3v) is 34.7. The molecule has 0 aliphatic carbocycles. The zero-order valence-electron chi connectivity index (χ0n) is 86.7. The van der Waals surface area contributed by atoms with Crippen LogP contribution < -0.4 is 19.6 Å². The lowest BCUT2D eigenvalue weighted by atomic mass is 9.84. The topological polar surface area (TPSA) is 13.0 Å². The predicted octanol–water partition coefficient (Wildman–Crippen LogP) is 39.9. The molecule has 0 heterocycles. The van der Waals surface area contributed by atoms with E-state index >= 15 is 0 Å². The number of nitrogens with zero attached hydrogens (tertiary/aromatic N) is 4. The Morgan fingerprint density at radius 2 is 0.436 bits per heavy atom. The van der Waals surface area contributed by atoms with E-state index in [0.717, 1.165) is 34.2 Å². The normalized spacial score (nSPS) is 12.4. The van der Waals surface area contributed by atoms with Gasteiger partial charge >= 0.3 is 0 Å². The minimum absolute atomic E-state index is 0.201. The van der Waals surface area contributed by atoms with E-state index in [1.165, 1.54) is 253 Å². The van der Waals surface area contributed by atoms with Gasteiger partial charge in [0.25, 0.3) is 0 Å². The van der Waals surface area contributed by atoms with E-state index in [4.69, 9.17) is 0 Å². The van der Waals surface area contributed by atoms with Crippen molar-refractivity contribution >= 4 is 153 Å². The standard InChI is InChI=1S/C134H134N4S2/c1-80(2)115-75-123(135(101-41-28-26-29-42-101)119-71-97(49-45-84(119)9)127-88(13)35-32-36-89(127)14)111-65-61-108-116(81(3)4)76-124(112-66-62-107(115)131(111)132(108)112)136(102-43-30-27-31-44-102)120-74-100(52-48-85(120)10)130-94(19)69-96(70-95(130)20)79-140(24,25)106-59-55-104(56-60-106)138(122-73-99(51-47-87(122)12)129-92(17)39-34-40-93(129)18)126-78-118(83(7)8)110-63-67-113-125(77-117(82(5)6)109-64-68-114(126)134(110)133(109)113)137(103-53-57-105(58-54-103)139(21,22)23)121-72-98(50-46-86(121)11)128-90(15)37-33-38-91(128)16/h26-78,80-83H,79H2,1-25H3. The maximum absolute atomic E-state index is 2.64. The van der Waals surface area contributed by atoms with Crippen molar-refractivity contribution in [2.75, 3.05) is 50.9 Å². The molecule has 0 saturated heterocycles. The van der Waals surface area contributed by atoms with Crippen molar-refractivity contribution in [1.29, 1.82) is 0 Å². The van der Waals surface area contributed by atoms with Gasteiger partial charge in [-0.05, 0) is 451 Å². The molecule has 0 aliphatic rings. The van der Waals surface area contributed by atoms with E-state index in [2.05, 4.69) is 511 Å². The van der Waals surface area contributed by atoms with Gasteiger partial charge < -0.3 is 19.6 Å². The van der Waals surface area contributed by atoms with E-state index in [-0.39, 0.29) is 23.7 Å². The quantitative estimate of drug-likeness (QED) is 0.0559. The van der Waals surface area contributed by atoms with Crippen LogP contribution in [0.5, 0.6) is 0 Å². The lowest BCUT2D eigenvalue weighted by molar-refractivity contribution is 0.875. The lowest BCUT2D eigenvalue weighted by Crippen LogP contribution is -2.14. The number of para-hydroxylation sites is 2. The molecule has 20 aromatic carbocycles. The molecule has 0 saturated carbocycles. The highest BCUT2D eigenvalue weighted by molar-refractivity contribution is 8.32. The molecule has 0 unspecified atom stereocenters. The van der Waals surface area contributed by atoms with Crippen LogP contribution in [-0.4, -0.2) is 31.3 Å². The third-order valence-electron chi connectivity index (χ3n) is 30.4. The molecule has 6 heteroatoms. The number of benzene rings is 20. The van der Waals surface area contributed by atoms with E-state index in [1.54, 1.807) is 0 Å². The Bertz CT molecular complexity index is 8140. The molecule has 4 nitrogen and oxygen atoms in total. The Morgan fingerprint density at radius 3 is 0.686 bits per heavy atom. The molecular weight excluding hydrogens is 1730 g/mol. The Morgan fingerprint density at radius 1 is 0.200 bits per heavy atom. The molecule has 0 spiro atoms. The summed E-state index contributed by atoms with van der Waals surface area (Å²) in [7, 11) is -2.46. The number of hydrogen-bond donors (Lipinski definition) is 0. The van der Waals surface area contributed by atoms with Crippen LogP contribution >= 0.6 is 20.1 Å². The first-order valence-corrected chi connectivity index (χ1v) is 55.8. The smallest absolute Gasteiger partial charge is 0.0543 e. The Kier molecular flexibility index (Phi) is 24.8. The highest BCUT2D eigenvalue weighted by atomic mass is 32.3. The number of hydrogen-bond acceptors (Lipinski definition) is 4. The van der Waals surface area contributed by atoms with Gasteiger partial charge in [0.1, 0.15) is 0 Å². The highest BCUT2D eigenvalue weighted by Gasteiger charge is 2.33. The van der Waals surface area contributed by atoms with Crippen LogP contribution in [0.4, 0.5) is 68.2 Å². The summed E-state index contributed by atoms with van der Waals surface area (Å²) < 4.78 is 0. The molecule has 0 bridgehead atoms. The molecule has 0 radical (unpaired) electrons. The van der Waals surface area contributed by atoms with E-state index in [0.29, 0.717) is 0 Å². The molecule has 0 amide bonds. The Balaban J connectivity index is 0.696. The molecule has 0 aromatic heterocycles. The molecule has 0 aliphatic heterocycles. The summed E-state index contributed by atoms with van der Waals surface area (Å²) in [5.41, 5.74) is 45.7. The molecule has 702 valence electrons. The van der Waals surface area contributed by atoms with Gasteiger partial charge in [0.2, 0.25) is 0 Å². The Hall–Kier alpha value is -13.6. The second kappa shape index (κ2) is 36.9. The molecule has 20 aromatic rings. The van der Waals surface area contributed by atoms with E-state index in [9.17, 15) is 0 Å². The van der Waals surface area contributed by atoms with Crippen molar-refractivity contribution in [1.82, 2.24) is 0 Å². The van der Waals surface area contributed by atoms with Crippen molar-refractivity contribution in [3.63, 3.8) is 0 Å². The SMILES string of the molecule is Cc1ccc(-c2c(C)cccc2C)cc1N(c1ccc(S(C)(C)C)cc1)c1cc(C(C)C)c2ccc3c(N(c4ccc(S(C)(C)Cc5cc(C)c(-c6ccc(C)c(N(c7ccccc7)c7cc(C(C)C)c8ccc9c(N(c%10ccccc%10)c%10cc(-c%11c(C)cccc%11C)ccc%10C)cc(C(C)C)c%10ccc7c8c%109)c6)c(C)c5)cc4)c4cc(-c5c(C)cccc5C)ccc4C)cc(C(C)C)c4ccc1c2c43. The number of anilines is 12. The summed E-state index contributed by atoms with van der Waals surface area (Å²) in [5.74, 6) is 1.80. The largest absolute Gasteiger partial charge is 0.310 e. The van der Waals surface area contributed by atoms with Gasteiger partial charge in [0.15, 0.2) is 0 Å². The summed E-state index contributed by atoms with van der Waals surface area (Å²) in [6, 6.07) is 125. The molecule has 0 N–H and O–H groups in total. The lowest BCUT2D eigenvalue weighted by Gasteiger charge is -2.34. The van der Waals surface area contributed by atoms with E-state index < -0.39 is 20.1 Å². The van der Waals surface area contributed by atoms with Gasteiger partial charge in [0, 0.05) is 72.8 Å². The maximum Gasteiger partial charge on any atom is 0.0543 e. The zero-order chi connectivity index (χ0) is 98.2. The first kappa shape index (κ1) is 94.0. The number of aryl methyl sites for hydroxylation is 12. The minimum Gasteiger partial charge on any atom is -0.310 e. The van der Waals surface area contributed by atoms with Gasteiger partial charge in [-0.15, -0.1) is 0 Å². The first-order valence-electron chi connectivity index (χ1n) is 50.3. The van der Waals surface area contributed by atoms with Crippen molar-refractivity contribution < 1.29 is 0 Å². The average molecular weight is 1860 g/mol. The fourth-order valence-corrected chi connectivity index (χ4v) is 26.3. The number of rotatable bonds is 24. The monoisotopic (exact) mass is 1860 g/mol. The van der Waals surface area contributed by atoms with Gasteiger partial charge in [-0.1, -0.05) is 256 Å². The summed E-state index contributed by atoms with van der Waals surface area (Å²) in [6.07, 6.45) is 12.3. The summed E-state index contributed by atoms with van der Waals surface area (Å²) >= 11 is 0. The van der Waals surface area contributed by atoms with Crippen molar-refractivity contribution in [2.24, 2.45) is 0 Å². The van der Waals surface area contributed by atoms with Crippen molar-refractivity contribution in [2.45, 2.75) is 178 Å². The van der Waals surface area contributed by atoms with Crippen LogP contribution in [-0.2, 0) is 5.75 Å². The van der Waals surface area contributed by atoms with Crippen LogP contribution in [0.2, 0.25) is 0 Å². The van der Waals surface area contributed by atoms with Crippen LogP contribution in [0.15, 0.2) is 331 Å². The van der Waals surface area contributed by atoms with E-state index in [1.807, 2.05) is 0 Å². The fourth-order valence-electron chi connectivity index (χ4n) is 23.3. The van der Waals surface area contributed by atoms with Gasteiger partial charge in [-0.3, -0.25) is 0 Å². The third kappa shape index (κ3) is 16.6. The van der Waals surface area contributed by atoms with Crippen molar-refractivity contribution in [3.8, 4) is 44.5 Å². The molecule has 0 atom stereocenters. The van der Waals surface area contributed by atoms with Crippen molar-refractivity contribution in [3.05, 3.63) is 416 Å². The average Bonchev–Trinajstić information content (AvgIpc) is 0.705. The summed E-state index contributed by atoms with van der Waals surface area (Å²) in [5, 5.41) is 15.4. The van der Waals surface area contributed by atoms with Gasteiger partial charge in [0.05, 0.1) is 22.7 Å². The van der Waals surface area contributed by atoms with Crippen LogP contribution in [0.1, 0.15) is 174 Å². The van der Waals surface area contributed by atoms with Gasteiger partial charge in [-0.2, -0.15) is 0 Å². The maximum atomic E-state index is 2.64. The zero-order valence-corrected chi connectivity index (χ0v) is 88.4. The second-order valence-electron chi connectivity index (χ2n) is 42.6. The fraction of sp³-hybridized carbons (Fsp3) is 0.224. The summed E-state index contributed by atoms with van der Waals surface area (Å²) in [6.45, 7) is 46.5. The summed E-state index contributed by atoms with van der Waals surface area (Å²) in [4.78, 5) is 13.2. The predicted molar refractivity (Wildman–Crippen MR) is 619 cm³/mol. The first-order chi connectivity index (χ1) is 67.1. The highest BCUT2D eigenvalue weighted by Crippen LogP contribution is 2.59.